The molecule has 2 N–H and O–H groups in total. The van der Waals surface area contributed by atoms with Gasteiger partial charge in [-0.3, -0.25) is 0 Å². The van der Waals surface area contributed by atoms with Gasteiger partial charge in [-0.1, -0.05) is 18.2 Å². The molecule has 1 saturated heterocycles. The monoisotopic (exact) mass is 338 g/mol. The number of hydrogen-bond acceptors (Lipinski definition) is 4. The minimum Gasteiger partial charge on any atom is -0.493 e. The van der Waals surface area contributed by atoms with E-state index in [2.05, 4.69) is 20.5 Å². The lowest BCUT2D eigenvalue weighted by atomic mass is 10.0. The Balaban J connectivity index is 1.47. The van der Waals surface area contributed by atoms with Gasteiger partial charge in [-0.2, -0.15) is 0 Å². The largest absolute Gasteiger partial charge is 0.493 e. The summed E-state index contributed by atoms with van der Waals surface area (Å²) in [5.74, 6) is 1.70. The van der Waals surface area contributed by atoms with Crippen molar-refractivity contribution in [1.29, 1.82) is 0 Å². The molecule has 0 saturated carbocycles. The van der Waals surface area contributed by atoms with E-state index in [0.717, 1.165) is 42.3 Å². The molecule has 2 aliphatic rings. The minimum atomic E-state index is -0.213. The van der Waals surface area contributed by atoms with Crippen LogP contribution in [0.4, 0.5) is 16.3 Å². The third-order valence-corrected chi connectivity index (χ3v) is 4.70. The van der Waals surface area contributed by atoms with E-state index in [1.807, 2.05) is 36.4 Å². The topological polar surface area (TPSA) is 66.5 Å². The molecule has 0 aliphatic carbocycles. The number of hydrogen-bond donors (Lipinski definition) is 2. The second kappa shape index (κ2) is 7.01. The Kier molecular flexibility index (Phi) is 4.41. The Morgan fingerprint density at radius 1 is 1.16 bits per heavy atom. The average Bonchev–Trinajstić information content (AvgIpc) is 3.17. The van der Waals surface area contributed by atoms with E-state index in [1.54, 1.807) is 6.20 Å². The molecule has 1 aromatic heterocycles. The predicted octanol–water partition coefficient (Wildman–Crippen LogP) is 3.33. The van der Waals surface area contributed by atoms with Crippen LogP contribution in [-0.4, -0.2) is 30.7 Å². The highest BCUT2D eigenvalue weighted by atomic mass is 16.5. The lowest BCUT2D eigenvalue weighted by Gasteiger charge is -2.27. The van der Waals surface area contributed by atoms with Crippen molar-refractivity contribution in [2.45, 2.75) is 25.3 Å². The van der Waals surface area contributed by atoms with Gasteiger partial charge in [0, 0.05) is 31.3 Å². The van der Waals surface area contributed by atoms with Crippen molar-refractivity contribution in [2.24, 2.45) is 0 Å². The first-order valence-corrected chi connectivity index (χ1v) is 8.80. The van der Waals surface area contributed by atoms with Gasteiger partial charge < -0.3 is 20.3 Å². The molecule has 1 unspecified atom stereocenters. The molecule has 2 aliphatic heterocycles. The van der Waals surface area contributed by atoms with Crippen LogP contribution in [0.2, 0.25) is 0 Å². The maximum Gasteiger partial charge on any atom is 0.319 e. The maximum atomic E-state index is 12.5. The molecule has 6 heteroatoms. The van der Waals surface area contributed by atoms with Crippen LogP contribution in [-0.2, 0) is 0 Å². The van der Waals surface area contributed by atoms with E-state index in [4.69, 9.17) is 4.74 Å². The Bertz CT molecular complexity index is 759. The number of nitrogens with zero attached hydrogens (tertiary/aromatic N) is 2. The highest BCUT2D eigenvalue weighted by molar-refractivity contribution is 5.92. The molecule has 25 heavy (non-hydrogen) atoms. The molecule has 2 aromatic rings. The first-order valence-electron chi connectivity index (χ1n) is 8.80. The van der Waals surface area contributed by atoms with Gasteiger partial charge in [0.15, 0.2) is 5.82 Å². The van der Waals surface area contributed by atoms with Crippen LogP contribution < -0.4 is 20.3 Å². The standard InChI is InChI=1S/C19H22N4O2/c24-19(21-15-9-13-25-17-8-2-1-6-14(15)17)22-16-7-5-10-20-18(16)23-11-3-4-12-23/h1-2,5-8,10,15H,3-4,9,11-13H2,(H2,21,22,24). The van der Waals surface area contributed by atoms with Crippen molar-refractivity contribution in [3.8, 4) is 5.75 Å². The van der Waals surface area contributed by atoms with Crippen LogP contribution in [0.25, 0.3) is 0 Å². The summed E-state index contributed by atoms with van der Waals surface area (Å²) < 4.78 is 5.65. The van der Waals surface area contributed by atoms with Gasteiger partial charge in [-0.25, -0.2) is 9.78 Å². The minimum absolute atomic E-state index is 0.0446. The Labute approximate surface area is 147 Å². The average molecular weight is 338 g/mol. The summed E-state index contributed by atoms with van der Waals surface area (Å²) in [4.78, 5) is 19.2. The predicted molar refractivity (Wildman–Crippen MR) is 97.1 cm³/mol. The molecule has 130 valence electrons. The maximum absolute atomic E-state index is 12.5. The molecule has 3 heterocycles. The number of rotatable bonds is 3. The summed E-state index contributed by atoms with van der Waals surface area (Å²) in [6, 6.07) is 11.3. The molecular weight excluding hydrogens is 316 g/mol. The van der Waals surface area contributed by atoms with Gasteiger partial charge in [0.05, 0.1) is 18.3 Å². The zero-order valence-corrected chi connectivity index (χ0v) is 14.1. The molecule has 4 rings (SSSR count). The summed E-state index contributed by atoms with van der Waals surface area (Å²) in [7, 11) is 0. The second-order valence-electron chi connectivity index (χ2n) is 6.39. The summed E-state index contributed by atoms with van der Waals surface area (Å²) in [5, 5.41) is 6.04. The third-order valence-electron chi connectivity index (χ3n) is 4.70. The molecular formula is C19H22N4O2. The first kappa shape index (κ1) is 15.7. The number of aromatic nitrogens is 1. The number of urea groups is 1. The van der Waals surface area contributed by atoms with Crippen molar-refractivity contribution in [2.75, 3.05) is 29.9 Å². The number of carbonyl (C=O) groups excluding carboxylic acids is 1. The number of amides is 2. The van der Waals surface area contributed by atoms with Crippen molar-refractivity contribution >= 4 is 17.5 Å². The first-order chi connectivity index (χ1) is 12.3. The van der Waals surface area contributed by atoms with Crippen molar-refractivity contribution in [3.63, 3.8) is 0 Å². The summed E-state index contributed by atoms with van der Waals surface area (Å²) >= 11 is 0. The van der Waals surface area contributed by atoms with E-state index in [9.17, 15) is 4.79 Å². The Morgan fingerprint density at radius 3 is 2.88 bits per heavy atom. The SMILES string of the molecule is O=C(Nc1cccnc1N1CCCC1)NC1CCOc2ccccc21. The Morgan fingerprint density at radius 2 is 2.00 bits per heavy atom. The van der Waals surface area contributed by atoms with Crippen LogP contribution in [0.3, 0.4) is 0 Å². The van der Waals surface area contributed by atoms with Crippen molar-refractivity contribution in [3.05, 3.63) is 48.2 Å². The number of pyridine rings is 1. The summed E-state index contributed by atoms with van der Waals surface area (Å²) in [6.07, 6.45) is 4.87. The fourth-order valence-electron chi connectivity index (χ4n) is 3.48. The van der Waals surface area contributed by atoms with Gasteiger partial charge >= 0.3 is 6.03 Å². The summed E-state index contributed by atoms with van der Waals surface area (Å²) in [5.41, 5.74) is 1.78. The van der Waals surface area contributed by atoms with Crippen LogP contribution in [0.15, 0.2) is 42.6 Å². The second-order valence-corrected chi connectivity index (χ2v) is 6.39. The van der Waals surface area contributed by atoms with Crippen molar-refractivity contribution < 1.29 is 9.53 Å². The van der Waals surface area contributed by atoms with E-state index in [1.165, 1.54) is 12.8 Å². The quantitative estimate of drug-likeness (QED) is 0.901. The number of benzene rings is 1. The number of carbonyl (C=O) groups is 1. The molecule has 0 bridgehead atoms. The van der Waals surface area contributed by atoms with Crippen molar-refractivity contribution in [1.82, 2.24) is 10.3 Å². The van der Waals surface area contributed by atoms with Gasteiger partial charge in [0.2, 0.25) is 0 Å². The van der Waals surface area contributed by atoms with Crippen LogP contribution in [0.1, 0.15) is 30.9 Å². The highest BCUT2D eigenvalue weighted by Gasteiger charge is 2.23. The zero-order valence-electron chi connectivity index (χ0n) is 14.1. The number of fused-ring (bicyclic) bond motifs is 1. The van der Waals surface area contributed by atoms with Crippen LogP contribution in [0.5, 0.6) is 5.75 Å². The molecule has 6 nitrogen and oxygen atoms in total. The lowest BCUT2D eigenvalue weighted by molar-refractivity contribution is 0.232. The lowest BCUT2D eigenvalue weighted by Crippen LogP contribution is -2.35. The number of ether oxygens (including phenoxy) is 1. The third kappa shape index (κ3) is 3.38. The zero-order chi connectivity index (χ0) is 17.1. The summed E-state index contributed by atoms with van der Waals surface area (Å²) in [6.45, 7) is 2.58. The number of anilines is 2. The van der Waals surface area contributed by atoms with Crippen LogP contribution in [0, 0.1) is 0 Å². The molecule has 1 atom stereocenters. The van der Waals surface area contributed by atoms with Gasteiger partial charge in [-0.15, -0.1) is 0 Å². The van der Waals surface area contributed by atoms with E-state index in [-0.39, 0.29) is 12.1 Å². The van der Waals surface area contributed by atoms with E-state index >= 15 is 0 Å². The number of nitrogens with one attached hydrogen (secondary N) is 2. The van der Waals surface area contributed by atoms with E-state index in [0.29, 0.717) is 6.61 Å². The normalized spacial score (nSPS) is 19.0. The molecule has 1 fully saturated rings. The Hall–Kier alpha value is -2.76. The fourth-order valence-corrected chi connectivity index (χ4v) is 3.48. The molecule has 1 aromatic carbocycles. The van der Waals surface area contributed by atoms with Gasteiger partial charge in [0.1, 0.15) is 5.75 Å². The molecule has 2 amide bonds. The number of para-hydroxylation sites is 1. The van der Waals surface area contributed by atoms with Gasteiger partial charge in [0.25, 0.3) is 0 Å². The fraction of sp³-hybridized carbons (Fsp3) is 0.368. The van der Waals surface area contributed by atoms with Crippen LogP contribution >= 0.6 is 0 Å². The highest BCUT2D eigenvalue weighted by Crippen LogP contribution is 2.32. The van der Waals surface area contributed by atoms with Gasteiger partial charge in [-0.05, 0) is 31.0 Å². The molecule has 0 radical (unpaired) electrons. The van der Waals surface area contributed by atoms with E-state index < -0.39 is 0 Å². The molecule has 0 spiro atoms. The smallest absolute Gasteiger partial charge is 0.319 e.